The van der Waals surface area contributed by atoms with Crippen molar-refractivity contribution in [3.8, 4) is 0 Å². The van der Waals surface area contributed by atoms with Gasteiger partial charge in [-0.1, -0.05) is 38.8 Å². The lowest BCUT2D eigenvalue weighted by molar-refractivity contribution is 0.0793. The summed E-state index contributed by atoms with van der Waals surface area (Å²) in [5, 5.41) is 6.09. The number of carbonyl (C=O) groups is 2. The van der Waals surface area contributed by atoms with Crippen molar-refractivity contribution in [3.63, 3.8) is 0 Å². The third kappa shape index (κ3) is 5.34. The molecule has 1 atom stereocenters. The molecule has 3 rings (SSSR count). The molecule has 2 fully saturated rings. The van der Waals surface area contributed by atoms with Crippen LogP contribution in [0.5, 0.6) is 0 Å². The zero-order chi connectivity index (χ0) is 21.5. The first kappa shape index (κ1) is 22.6. The molecular weight excluding hydrogens is 376 g/mol. The average Bonchev–Trinajstić information content (AvgIpc) is 3.46. The molecule has 30 heavy (non-hydrogen) atoms. The van der Waals surface area contributed by atoms with Crippen LogP contribution in [0.3, 0.4) is 0 Å². The molecular formula is C24H38N4O2. The highest BCUT2D eigenvalue weighted by Gasteiger charge is 2.28. The maximum Gasteiger partial charge on any atom is 0.319 e. The predicted molar refractivity (Wildman–Crippen MR) is 122 cm³/mol. The van der Waals surface area contributed by atoms with Crippen LogP contribution in [-0.4, -0.2) is 60.5 Å². The standard InChI is InChI=1S/C24H38N4O2/c1-4-19(5-2)21(27-13-6-7-14-27)17-25-24(30)26-22-18(3)11-10-12-20(22)23(29)28-15-8-9-16-28/h10-12,19,21H,4-9,13-17H2,1-3H3,(H2,25,26,30). The zero-order valence-corrected chi connectivity index (χ0v) is 18.9. The summed E-state index contributed by atoms with van der Waals surface area (Å²) in [5.41, 5.74) is 2.13. The molecule has 1 aromatic carbocycles. The van der Waals surface area contributed by atoms with Gasteiger partial charge in [-0.15, -0.1) is 0 Å². The van der Waals surface area contributed by atoms with E-state index >= 15 is 0 Å². The number of anilines is 1. The predicted octanol–water partition coefficient (Wildman–Crippen LogP) is 4.25. The first-order valence-corrected chi connectivity index (χ1v) is 11.7. The number of urea groups is 1. The second kappa shape index (κ2) is 10.8. The number of para-hydroxylation sites is 1. The topological polar surface area (TPSA) is 64.7 Å². The first-order valence-electron chi connectivity index (χ1n) is 11.7. The Kier molecular flexibility index (Phi) is 8.14. The van der Waals surface area contributed by atoms with Crippen molar-refractivity contribution in [2.75, 3.05) is 38.0 Å². The highest BCUT2D eigenvalue weighted by Crippen LogP contribution is 2.25. The Morgan fingerprint density at radius 3 is 2.27 bits per heavy atom. The number of nitrogens with zero attached hydrogens (tertiary/aromatic N) is 2. The van der Waals surface area contributed by atoms with E-state index in [4.69, 9.17) is 0 Å². The summed E-state index contributed by atoms with van der Waals surface area (Å²) in [6, 6.07) is 5.79. The van der Waals surface area contributed by atoms with Crippen LogP contribution in [0.15, 0.2) is 18.2 Å². The van der Waals surface area contributed by atoms with E-state index in [1.54, 1.807) is 0 Å². The SMILES string of the molecule is CCC(CC)C(CNC(=O)Nc1c(C)cccc1C(=O)N1CCCC1)N1CCCC1. The molecule has 0 spiro atoms. The molecule has 0 bridgehead atoms. The van der Waals surface area contributed by atoms with Crippen molar-refractivity contribution in [2.45, 2.75) is 65.3 Å². The Morgan fingerprint density at radius 1 is 1.00 bits per heavy atom. The molecule has 3 amide bonds. The molecule has 1 unspecified atom stereocenters. The smallest absolute Gasteiger partial charge is 0.319 e. The van der Waals surface area contributed by atoms with Gasteiger partial charge in [0.15, 0.2) is 0 Å². The Morgan fingerprint density at radius 2 is 1.63 bits per heavy atom. The van der Waals surface area contributed by atoms with Crippen LogP contribution in [-0.2, 0) is 0 Å². The number of amides is 3. The molecule has 0 aliphatic carbocycles. The summed E-state index contributed by atoms with van der Waals surface area (Å²) in [4.78, 5) is 30.2. The van der Waals surface area contributed by atoms with E-state index in [1.165, 1.54) is 12.8 Å². The highest BCUT2D eigenvalue weighted by molar-refractivity contribution is 6.04. The maximum atomic E-state index is 13.0. The van der Waals surface area contributed by atoms with Gasteiger partial charge in [-0.3, -0.25) is 9.69 Å². The molecule has 1 aromatic rings. The molecule has 166 valence electrons. The van der Waals surface area contributed by atoms with Gasteiger partial charge >= 0.3 is 6.03 Å². The third-order valence-electron chi connectivity index (χ3n) is 6.81. The van der Waals surface area contributed by atoms with Crippen molar-refractivity contribution in [1.29, 1.82) is 0 Å². The van der Waals surface area contributed by atoms with Gasteiger partial charge in [-0.25, -0.2) is 4.79 Å². The van der Waals surface area contributed by atoms with Crippen molar-refractivity contribution in [3.05, 3.63) is 29.3 Å². The van der Waals surface area contributed by atoms with Crippen molar-refractivity contribution in [2.24, 2.45) is 5.92 Å². The van der Waals surface area contributed by atoms with Crippen molar-refractivity contribution in [1.82, 2.24) is 15.1 Å². The first-order chi connectivity index (χ1) is 14.5. The summed E-state index contributed by atoms with van der Waals surface area (Å²) >= 11 is 0. The molecule has 0 saturated carbocycles. The summed E-state index contributed by atoms with van der Waals surface area (Å²) in [6.45, 7) is 10.9. The van der Waals surface area contributed by atoms with Crippen LogP contribution in [0.1, 0.15) is 68.3 Å². The summed E-state index contributed by atoms with van der Waals surface area (Å²) in [6.07, 6.45) is 6.83. The number of benzene rings is 1. The Labute approximate surface area is 181 Å². The van der Waals surface area contributed by atoms with Crippen molar-refractivity contribution >= 4 is 17.6 Å². The highest BCUT2D eigenvalue weighted by atomic mass is 16.2. The number of hydrogen-bond donors (Lipinski definition) is 2. The molecule has 2 aliphatic heterocycles. The number of rotatable bonds is 8. The molecule has 0 aromatic heterocycles. The van der Waals surface area contributed by atoms with Crippen molar-refractivity contribution < 1.29 is 9.59 Å². The molecule has 6 heteroatoms. The summed E-state index contributed by atoms with van der Waals surface area (Å²) in [7, 11) is 0. The number of aryl methyl sites for hydroxylation is 1. The van der Waals surface area contributed by atoms with Crippen LogP contribution in [0.4, 0.5) is 10.5 Å². The van der Waals surface area contributed by atoms with Gasteiger partial charge in [-0.2, -0.15) is 0 Å². The lowest BCUT2D eigenvalue weighted by Crippen LogP contribution is -2.47. The molecule has 0 radical (unpaired) electrons. The molecule has 2 aliphatic rings. The third-order valence-corrected chi connectivity index (χ3v) is 6.81. The van der Waals surface area contributed by atoms with E-state index in [0.29, 0.717) is 29.8 Å². The number of nitrogens with one attached hydrogen (secondary N) is 2. The maximum absolute atomic E-state index is 13.0. The fraction of sp³-hybridized carbons (Fsp3) is 0.667. The van der Waals surface area contributed by atoms with E-state index < -0.39 is 0 Å². The monoisotopic (exact) mass is 414 g/mol. The number of hydrogen-bond acceptors (Lipinski definition) is 3. The van der Waals surface area contributed by atoms with E-state index in [9.17, 15) is 9.59 Å². The van der Waals surface area contributed by atoms with E-state index in [1.807, 2.05) is 30.0 Å². The second-order valence-corrected chi connectivity index (χ2v) is 8.72. The molecule has 2 saturated heterocycles. The number of likely N-dealkylation sites (tertiary alicyclic amines) is 2. The Bertz CT molecular complexity index is 718. The summed E-state index contributed by atoms with van der Waals surface area (Å²) < 4.78 is 0. The van der Waals surface area contributed by atoms with Crippen LogP contribution in [0, 0.1) is 12.8 Å². The van der Waals surface area contributed by atoms with Gasteiger partial charge in [-0.05, 0) is 63.2 Å². The molecule has 2 heterocycles. The minimum atomic E-state index is -0.227. The van der Waals surface area contributed by atoms with E-state index in [-0.39, 0.29) is 11.9 Å². The van der Waals surface area contributed by atoms with E-state index in [2.05, 4.69) is 29.4 Å². The largest absolute Gasteiger partial charge is 0.339 e. The van der Waals surface area contributed by atoms with E-state index in [0.717, 1.165) is 57.4 Å². The van der Waals surface area contributed by atoms with Gasteiger partial charge < -0.3 is 15.5 Å². The minimum absolute atomic E-state index is 0.0125. The van der Waals surface area contributed by atoms with Crippen LogP contribution in [0.2, 0.25) is 0 Å². The number of carbonyl (C=O) groups excluding carboxylic acids is 2. The van der Waals surface area contributed by atoms with Gasteiger partial charge in [0.25, 0.3) is 5.91 Å². The Balaban J connectivity index is 1.67. The second-order valence-electron chi connectivity index (χ2n) is 8.72. The quantitative estimate of drug-likeness (QED) is 0.668. The molecule has 2 N–H and O–H groups in total. The van der Waals surface area contributed by atoms with Gasteiger partial charge in [0, 0.05) is 25.7 Å². The van der Waals surface area contributed by atoms with Gasteiger partial charge in [0.2, 0.25) is 0 Å². The normalized spacial score (nSPS) is 18.1. The lowest BCUT2D eigenvalue weighted by Gasteiger charge is -2.34. The Hall–Kier alpha value is -2.08. The molecule has 6 nitrogen and oxygen atoms in total. The van der Waals surface area contributed by atoms with Crippen LogP contribution >= 0.6 is 0 Å². The fourth-order valence-electron chi connectivity index (χ4n) is 4.96. The lowest BCUT2D eigenvalue weighted by atomic mass is 9.93. The zero-order valence-electron chi connectivity index (χ0n) is 18.9. The fourth-order valence-corrected chi connectivity index (χ4v) is 4.96. The van der Waals surface area contributed by atoms with Crippen LogP contribution in [0.25, 0.3) is 0 Å². The summed E-state index contributed by atoms with van der Waals surface area (Å²) in [5.74, 6) is 0.590. The van der Waals surface area contributed by atoms with Crippen LogP contribution < -0.4 is 10.6 Å². The van der Waals surface area contributed by atoms with Gasteiger partial charge in [0.05, 0.1) is 11.3 Å². The minimum Gasteiger partial charge on any atom is -0.339 e. The van der Waals surface area contributed by atoms with Gasteiger partial charge in [0.1, 0.15) is 0 Å². The average molecular weight is 415 g/mol.